The fourth-order valence-electron chi connectivity index (χ4n) is 1.88. The Morgan fingerprint density at radius 1 is 1.10 bits per heavy atom. The molecule has 0 saturated carbocycles. The Hall–Kier alpha value is -1.92. The predicted molar refractivity (Wildman–Crippen MR) is 83.7 cm³/mol. The maximum Gasteiger partial charge on any atom is 0.242 e. The van der Waals surface area contributed by atoms with Crippen molar-refractivity contribution in [3.05, 3.63) is 54.2 Å². The Labute approximate surface area is 125 Å². The van der Waals surface area contributed by atoms with Crippen LogP contribution in [0.4, 0.5) is 5.82 Å². The summed E-state index contributed by atoms with van der Waals surface area (Å²) in [6.07, 6.45) is 2.02. The van der Waals surface area contributed by atoms with E-state index < -0.39 is 10.0 Å². The Morgan fingerprint density at radius 3 is 2.48 bits per heavy atom. The second-order valence-corrected chi connectivity index (χ2v) is 6.31. The molecule has 0 unspecified atom stereocenters. The molecule has 6 heteroatoms. The molecule has 2 rings (SSSR count). The number of hydrogen-bond donors (Lipinski definition) is 2. The van der Waals surface area contributed by atoms with E-state index in [2.05, 4.69) is 15.0 Å². The molecular weight excluding hydrogens is 286 g/mol. The third-order valence-corrected chi connectivity index (χ3v) is 4.40. The number of benzene rings is 1. The number of pyridine rings is 1. The number of aromatic nitrogens is 1. The van der Waals surface area contributed by atoms with Crippen LogP contribution in [0, 0.1) is 0 Å². The normalized spacial score (nSPS) is 11.3. The molecule has 0 aliphatic rings. The van der Waals surface area contributed by atoms with Gasteiger partial charge in [0.25, 0.3) is 0 Å². The van der Waals surface area contributed by atoms with Gasteiger partial charge >= 0.3 is 0 Å². The van der Waals surface area contributed by atoms with Crippen LogP contribution in [0.2, 0.25) is 0 Å². The van der Waals surface area contributed by atoms with Gasteiger partial charge in [0.05, 0.1) is 0 Å². The van der Waals surface area contributed by atoms with Crippen molar-refractivity contribution in [3.8, 4) is 0 Å². The molecule has 0 aliphatic heterocycles. The van der Waals surface area contributed by atoms with Gasteiger partial charge in [-0.25, -0.2) is 18.1 Å². The van der Waals surface area contributed by atoms with E-state index in [1.54, 1.807) is 12.1 Å². The van der Waals surface area contributed by atoms with Crippen molar-refractivity contribution in [1.82, 2.24) is 9.71 Å². The Bertz CT molecular complexity index is 655. The lowest BCUT2D eigenvalue weighted by molar-refractivity contribution is 0.581. The van der Waals surface area contributed by atoms with Crippen molar-refractivity contribution in [2.45, 2.75) is 18.2 Å². The first-order valence-corrected chi connectivity index (χ1v) is 8.33. The van der Waals surface area contributed by atoms with E-state index in [1.165, 1.54) is 6.20 Å². The topological polar surface area (TPSA) is 71.1 Å². The number of anilines is 1. The van der Waals surface area contributed by atoms with Gasteiger partial charge in [-0.2, -0.15) is 0 Å². The van der Waals surface area contributed by atoms with E-state index in [0.717, 1.165) is 12.1 Å². The molecule has 0 saturated heterocycles. The molecule has 2 N–H and O–H groups in total. The molecule has 112 valence electrons. The number of hydrogen-bond acceptors (Lipinski definition) is 4. The largest absolute Gasteiger partial charge is 0.370 e. The summed E-state index contributed by atoms with van der Waals surface area (Å²) in [4.78, 5) is 4.25. The third kappa shape index (κ3) is 4.54. The minimum absolute atomic E-state index is 0.178. The summed E-state index contributed by atoms with van der Waals surface area (Å²) < 4.78 is 26.8. The van der Waals surface area contributed by atoms with Crippen molar-refractivity contribution in [3.63, 3.8) is 0 Å². The van der Waals surface area contributed by atoms with Crippen molar-refractivity contribution in [2.75, 3.05) is 18.4 Å². The predicted octanol–water partition coefficient (Wildman–Crippen LogP) is 2.03. The first-order valence-electron chi connectivity index (χ1n) is 6.85. The highest BCUT2D eigenvalue weighted by Gasteiger charge is 2.13. The highest BCUT2D eigenvalue weighted by Crippen LogP contribution is 2.10. The first-order chi connectivity index (χ1) is 10.1. The summed E-state index contributed by atoms with van der Waals surface area (Å²) in [7, 11) is -3.50. The molecule has 1 aromatic carbocycles. The fraction of sp³-hybridized carbons (Fsp3) is 0.267. The summed E-state index contributed by atoms with van der Waals surface area (Å²) in [5, 5.41) is 3.02. The van der Waals surface area contributed by atoms with Gasteiger partial charge in [0, 0.05) is 19.3 Å². The van der Waals surface area contributed by atoms with Crippen LogP contribution >= 0.6 is 0 Å². The molecule has 0 atom stereocenters. The lowest BCUT2D eigenvalue weighted by atomic mass is 10.2. The second kappa shape index (κ2) is 7.19. The van der Waals surface area contributed by atoms with Crippen molar-refractivity contribution in [1.29, 1.82) is 0 Å². The lowest BCUT2D eigenvalue weighted by Crippen LogP contribution is -2.26. The monoisotopic (exact) mass is 305 g/mol. The first kappa shape index (κ1) is 15.5. The maximum atomic E-state index is 12.1. The number of rotatable bonds is 7. The summed E-state index contributed by atoms with van der Waals surface area (Å²) in [6.45, 7) is 3.06. The molecule has 1 heterocycles. The molecule has 1 aromatic heterocycles. The molecule has 2 aromatic rings. The maximum absolute atomic E-state index is 12.1. The Morgan fingerprint density at radius 2 is 1.86 bits per heavy atom. The second-order valence-electron chi connectivity index (χ2n) is 4.54. The molecule has 5 nitrogen and oxygen atoms in total. The molecule has 0 amide bonds. The minimum atomic E-state index is -3.50. The highest BCUT2D eigenvalue weighted by atomic mass is 32.2. The third-order valence-electron chi connectivity index (χ3n) is 2.95. The van der Waals surface area contributed by atoms with E-state index in [0.29, 0.717) is 18.8 Å². The zero-order chi connectivity index (χ0) is 15.1. The number of nitrogens with one attached hydrogen (secondary N) is 2. The summed E-state index contributed by atoms with van der Waals surface area (Å²) >= 11 is 0. The summed E-state index contributed by atoms with van der Waals surface area (Å²) in [5.74, 6) is 0.667. The van der Waals surface area contributed by atoms with Gasteiger partial charge in [-0.1, -0.05) is 30.3 Å². The fourth-order valence-corrected chi connectivity index (χ4v) is 2.86. The zero-order valence-electron chi connectivity index (χ0n) is 11.9. The van der Waals surface area contributed by atoms with E-state index in [-0.39, 0.29) is 4.90 Å². The molecule has 0 fully saturated rings. The van der Waals surface area contributed by atoms with Crippen LogP contribution < -0.4 is 10.0 Å². The summed E-state index contributed by atoms with van der Waals surface area (Å²) in [6, 6.07) is 13.0. The van der Waals surface area contributed by atoms with Crippen LogP contribution in [0.3, 0.4) is 0 Å². The highest BCUT2D eigenvalue weighted by molar-refractivity contribution is 7.89. The standard InChI is InChI=1S/C15H19N3O2S/c1-2-16-15-9-8-14(12-17-15)21(19,20)18-11-10-13-6-4-3-5-7-13/h3-9,12,18H,2,10-11H2,1H3,(H,16,17). The lowest BCUT2D eigenvalue weighted by Gasteiger charge is -2.07. The molecule has 0 radical (unpaired) electrons. The zero-order valence-corrected chi connectivity index (χ0v) is 12.7. The van der Waals surface area contributed by atoms with Crippen LogP contribution in [-0.4, -0.2) is 26.5 Å². The van der Waals surface area contributed by atoms with Gasteiger partial charge in [-0.15, -0.1) is 0 Å². The van der Waals surface area contributed by atoms with Crippen LogP contribution in [0.1, 0.15) is 12.5 Å². The molecule has 21 heavy (non-hydrogen) atoms. The van der Waals surface area contributed by atoms with Gasteiger partial charge in [0.15, 0.2) is 0 Å². The smallest absolute Gasteiger partial charge is 0.242 e. The van der Waals surface area contributed by atoms with Crippen molar-refractivity contribution >= 4 is 15.8 Å². The summed E-state index contributed by atoms with van der Waals surface area (Å²) in [5.41, 5.74) is 1.10. The molecule has 0 bridgehead atoms. The number of sulfonamides is 1. The molecule has 0 spiro atoms. The number of nitrogens with zero attached hydrogens (tertiary/aromatic N) is 1. The van der Waals surface area contributed by atoms with Gasteiger partial charge in [-0.05, 0) is 31.0 Å². The van der Waals surface area contributed by atoms with E-state index in [1.807, 2.05) is 37.3 Å². The molecular formula is C15H19N3O2S. The van der Waals surface area contributed by atoms with E-state index >= 15 is 0 Å². The minimum Gasteiger partial charge on any atom is -0.370 e. The average molecular weight is 305 g/mol. The van der Waals surface area contributed by atoms with Crippen molar-refractivity contribution < 1.29 is 8.42 Å². The van der Waals surface area contributed by atoms with Crippen LogP contribution in [-0.2, 0) is 16.4 Å². The van der Waals surface area contributed by atoms with Gasteiger partial charge in [0.1, 0.15) is 10.7 Å². The van der Waals surface area contributed by atoms with Crippen LogP contribution in [0.15, 0.2) is 53.6 Å². The van der Waals surface area contributed by atoms with E-state index in [4.69, 9.17) is 0 Å². The quantitative estimate of drug-likeness (QED) is 0.821. The van der Waals surface area contributed by atoms with Gasteiger partial charge in [0.2, 0.25) is 10.0 Å². The molecule has 0 aliphatic carbocycles. The van der Waals surface area contributed by atoms with E-state index in [9.17, 15) is 8.42 Å². The Kier molecular flexibility index (Phi) is 5.30. The van der Waals surface area contributed by atoms with Gasteiger partial charge < -0.3 is 5.32 Å². The average Bonchev–Trinajstić information content (AvgIpc) is 2.49. The van der Waals surface area contributed by atoms with Crippen LogP contribution in [0.5, 0.6) is 0 Å². The van der Waals surface area contributed by atoms with Gasteiger partial charge in [-0.3, -0.25) is 0 Å². The van der Waals surface area contributed by atoms with Crippen LogP contribution in [0.25, 0.3) is 0 Å². The Balaban J connectivity index is 1.95. The van der Waals surface area contributed by atoms with Crippen molar-refractivity contribution in [2.24, 2.45) is 0 Å². The SMILES string of the molecule is CCNc1ccc(S(=O)(=O)NCCc2ccccc2)cn1.